The SMILES string of the molecule is CC(CNCc1cccs1)N1CCN(S(C)(=O)=O)CC1. The molecule has 2 rings (SSSR count). The molecule has 1 aliphatic rings. The van der Waals surface area contributed by atoms with Crippen molar-refractivity contribution in [1.29, 1.82) is 0 Å². The van der Waals surface area contributed by atoms with E-state index in [1.165, 1.54) is 11.1 Å². The first-order valence-corrected chi connectivity index (χ1v) is 9.62. The van der Waals surface area contributed by atoms with E-state index in [2.05, 4.69) is 34.7 Å². The molecule has 1 atom stereocenters. The van der Waals surface area contributed by atoms with Crippen LogP contribution >= 0.6 is 11.3 Å². The highest BCUT2D eigenvalue weighted by molar-refractivity contribution is 7.88. The summed E-state index contributed by atoms with van der Waals surface area (Å²) in [5.41, 5.74) is 0. The van der Waals surface area contributed by atoms with Crippen LogP contribution in [0.25, 0.3) is 0 Å². The van der Waals surface area contributed by atoms with Gasteiger partial charge in [0.25, 0.3) is 0 Å². The van der Waals surface area contributed by atoms with E-state index in [1.807, 2.05) is 0 Å². The van der Waals surface area contributed by atoms with E-state index in [0.29, 0.717) is 19.1 Å². The van der Waals surface area contributed by atoms with Gasteiger partial charge in [-0.25, -0.2) is 8.42 Å². The van der Waals surface area contributed by atoms with Crippen LogP contribution in [0.15, 0.2) is 17.5 Å². The molecule has 0 aromatic carbocycles. The maximum Gasteiger partial charge on any atom is 0.211 e. The van der Waals surface area contributed by atoms with Gasteiger partial charge in [-0.3, -0.25) is 4.90 Å². The molecule has 0 aliphatic carbocycles. The summed E-state index contributed by atoms with van der Waals surface area (Å²) >= 11 is 1.76. The zero-order valence-electron chi connectivity index (χ0n) is 12.1. The van der Waals surface area contributed by atoms with Crippen LogP contribution < -0.4 is 5.32 Å². The Morgan fingerprint density at radius 3 is 2.60 bits per heavy atom. The number of nitrogens with one attached hydrogen (secondary N) is 1. The smallest absolute Gasteiger partial charge is 0.211 e. The lowest BCUT2D eigenvalue weighted by atomic mass is 10.2. The van der Waals surface area contributed by atoms with Crippen LogP contribution in [0.5, 0.6) is 0 Å². The molecule has 5 nitrogen and oxygen atoms in total. The number of rotatable bonds is 6. The highest BCUT2D eigenvalue weighted by Gasteiger charge is 2.25. The molecule has 1 N–H and O–H groups in total. The molecule has 2 heterocycles. The summed E-state index contributed by atoms with van der Waals surface area (Å²) in [6.45, 7) is 6.87. The monoisotopic (exact) mass is 317 g/mol. The van der Waals surface area contributed by atoms with Crippen LogP contribution in [0.4, 0.5) is 0 Å². The highest BCUT2D eigenvalue weighted by Crippen LogP contribution is 2.10. The van der Waals surface area contributed by atoms with Crippen molar-refractivity contribution in [1.82, 2.24) is 14.5 Å². The van der Waals surface area contributed by atoms with Crippen molar-refractivity contribution in [2.24, 2.45) is 0 Å². The Balaban J connectivity index is 1.70. The number of hydrogen-bond acceptors (Lipinski definition) is 5. The number of piperazine rings is 1. The van der Waals surface area contributed by atoms with Crippen molar-refractivity contribution in [3.05, 3.63) is 22.4 Å². The van der Waals surface area contributed by atoms with Gasteiger partial charge >= 0.3 is 0 Å². The Morgan fingerprint density at radius 2 is 2.05 bits per heavy atom. The van der Waals surface area contributed by atoms with Crippen LogP contribution in [0.2, 0.25) is 0 Å². The van der Waals surface area contributed by atoms with Crippen molar-refractivity contribution in [3.63, 3.8) is 0 Å². The lowest BCUT2D eigenvalue weighted by Crippen LogP contribution is -2.52. The average Bonchev–Trinajstić information content (AvgIpc) is 2.91. The van der Waals surface area contributed by atoms with Crippen LogP contribution in [0.3, 0.4) is 0 Å². The fourth-order valence-corrected chi connectivity index (χ4v) is 3.92. The largest absolute Gasteiger partial charge is 0.310 e. The van der Waals surface area contributed by atoms with Crippen molar-refractivity contribution in [3.8, 4) is 0 Å². The van der Waals surface area contributed by atoms with Gasteiger partial charge < -0.3 is 5.32 Å². The van der Waals surface area contributed by atoms with Crippen molar-refractivity contribution in [2.45, 2.75) is 19.5 Å². The normalized spacial score (nSPS) is 20.1. The van der Waals surface area contributed by atoms with E-state index in [-0.39, 0.29) is 0 Å². The standard InChI is InChI=1S/C13H23N3O2S2/c1-12(10-14-11-13-4-3-9-19-13)15-5-7-16(8-6-15)20(2,17)18/h3-4,9,12,14H,5-8,10-11H2,1-2H3. The van der Waals surface area contributed by atoms with Gasteiger partial charge in [0.05, 0.1) is 6.26 Å². The molecule has 114 valence electrons. The first-order chi connectivity index (χ1) is 9.47. The first kappa shape index (κ1) is 15.9. The third-order valence-corrected chi connectivity index (χ3v) is 5.86. The summed E-state index contributed by atoms with van der Waals surface area (Å²) < 4.78 is 24.5. The number of thiophene rings is 1. The fourth-order valence-electron chi connectivity index (χ4n) is 2.42. The van der Waals surface area contributed by atoms with Gasteiger partial charge in [0.2, 0.25) is 10.0 Å². The maximum atomic E-state index is 11.5. The van der Waals surface area contributed by atoms with Crippen LogP contribution in [-0.4, -0.2) is 62.6 Å². The molecular formula is C13H23N3O2S2. The molecule has 0 radical (unpaired) electrons. The first-order valence-electron chi connectivity index (χ1n) is 6.89. The second-order valence-corrected chi connectivity index (χ2v) is 8.27. The van der Waals surface area contributed by atoms with E-state index >= 15 is 0 Å². The number of hydrogen-bond donors (Lipinski definition) is 1. The molecule has 1 saturated heterocycles. The molecule has 1 fully saturated rings. The van der Waals surface area contributed by atoms with E-state index in [4.69, 9.17) is 0 Å². The van der Waals surface area contributed by atoms with E-state index in [0.717, 1.165) is 26.2 Å². The van der Waals surface area contributed by atoms with E-state index in [1.54, 1.807) is 15.6 Å². The minimum absolute atomic E-state index is 0.427. The molecule has 1 aromatic heterocycles. The molecule has 0 bridgehead atoms. The summed E-state index contributed by atoms with van der Waals surface area (Å²) in [6.07, 6.45) is 1.29. The Morgan fingerprint density at radius 1 is 1.35 bits per heavy atom. The van der Waals surface area contributed by atoms with Gasteiger partial charge in [-0.2, -0.15) is 4.31 Å². The molecule has 20 heavy (non-hydrogen) atoms. The van der Waals surface area contributed by atoms with Gasteiger partial charge in [0.1, 0.15) is 0 Å². The Kier molecular flexibility index (Phi) is 5.57. The third kappa shape index (κ3) is 4.53. The minimum Gasteiger partial charge on any atom is -0.310 e. The summed E-state index contributed by atoms with van der Waals surface area (Å²) in [4.78, 5) is 3.70. The molecule has 1 unspecified atom stereocenters. The van der Waals surface area contributed by atoms with Crippen LogP contribution in [-0.2, 0) is 16.6 Å². The quantitative estimate of drug-likeness (QED) is 0.843. The van der Waals surface area contributed by atoms with Gasteiger partial charge in [0, 0.05) is 50.2 Å². The van der Waals surface area contributed by atoms with Crippen molar-refractivity contribution in [2.75, 3.05) is 39.0 Å². The number of nitrogens with zero attached hydrogens (tertiary/aromatic N) is 2. The summed E-state index contributed by atoms with van der Waals surface area (Å²) in [5.74, 6) is 0. The van der Waals surface area contributed by atoms with Crippen molar-refractivity contribution >= 4 is 21.4 Å². The molecule has 7 heteroatoms. The Labute approximate surface area is 125 Å². The molecular weight excluding hydrogens is 294 g/mol. The van der Waals surface area contributed by atoms with Gasteiger partial charge in [-0.05, 0) is 18.4 Å². The molecule has 1 aliphatic heterocycles. The minimum atomic E-state index is -3.03. The fraction of sp³-hybridized carbons (Fsp3) is 0.692. The zero-order valence-corrected chi connectivity index (χ0v) is 13.7. The Hall–Kier alpha value is -0.470. The van der Waals surface area contributed by atoms with E-state index < -0.39 is 10.0 Å². The second kappa shape index (κ2) is 7.00. The predicted molar refractivity (Wildman–Crippen MR) is 83.5 cm³/mol. The van der Waals surface area contributed by atoms with Crippen LogP contribution in [0.1, 0.15) is 11.8 Å². The third-order valence-electron chi connectivity index (χ3n) is 3.68. The maximum absolute atomic E-state index is 11.5. The van der Waals surface area contributed by atoms with Crippen LogP contribution in [0, 0.1) is 0 Å². The predicted octanol–water partition coefficient (Wildman–Crippen LogP) is 0.803. The molecule has 0 saturated carbocycles. The van der Waals surface area contributed by atoms with E-state index in [9.17, 15) is 8.42 Å². The van der Waals surface area contributed by atoms with Gasteiger partial charge in [0.15, 0.2) is 0 Å². The lowest BCUT2D eigenvalue weighted by molar-refractivity contribution is 0.144. The second-order valence-electron chi connectivity index (χ2n) is 5.26. The lowest BCUT2D eigenvalue weighted by Gasteiger charge is -2.37. The number of sulfonamides is 1. The molecule has 1 aromatic rings. The van der Waals surface area contributed by atoms with Gasteiger partial charge in [-0.1, -0.05) is 6.07 Å². The average molecular weight is 317 g/mol. The Bertz CT molecular complexity index is 494. The zero-order chi connectivity index (χ0) is 14.6. The molecule has 0 amide bonds. The summed E-state index contributed by atoms with van der Waals surface area (Å²) in [6, 6.07) is 4.62. The van der Waals surface area contributed by atoms with Gasteiger partial charge in [-0.15, -0.1) is 11.3 Å². The molecule has 0 spiro atoms. The summed E-state index contributed by atoms with van der Waals surface area (Å²) in [5, 5.41) is 5.55. The topological polar surface area (TPSA) is 52.6 Å². The highest BCUT2D eigenvalue weighted by atomic mass is 32.2. The van der Waals surface area contributed by atoms with Crippen molar-refractivity contribution < 1.29 is 8.42 Å². The summed E-state index contributed by atoms with van der Waals surface area (Å²) in [7, 11) is -3.03.